The van der Waals surface area contributed by atoms with Gasteiger partial charge in [-0.25, -0.2) is 0 Å². The van der Waals surface area contributed by atoms with E-state index >= 15 is 0 Å². The fourth-order valence-corrected chi connectivity index (χ4v) is 3.16. The average Bonchev–Trinajstić information content (AvgIpc) is 2.94. The van der Waals surface area contributed by atoms with Gasteiger partial charge >= 0.3 is 0 Å². The van der Waals surface area contributed by atoms with Crippen LogP contribution in [0.25, 0.3) is 5.69 Å². The molecule has 0 saturated heterocycles. The Bertz CT molecular complexity index is 845. The summed E-state index contributed by atoms with van der Waals surface area (Å²) >= 11 is 1.37. The van der Waals surface area contributed by atoms with E-state index in [2.05, 4.69) is 15.5 Å². The molecule has 0 aliphatic carbocycles. The summed E-state index contributed by atoms with van der Waals surface area (Å²) < 4.78 is 1.95. The molecule has 0 fully saturated rings. The van der Waals surface area contributed by atoms with Gasteiger partial charge in [-0.3, -0.25) is 9.36 Å². The number of aryl methyl sites for hydroxylation is 2. The van der Waals surface area contributed by atoms with Crippen molar-refractivity contribution in [2.45, 2.75) is 19.0 Å². The Morgan fingerprint density at radius 3 is 2.62 bits per heavy atom. The van der Waals surface area contributed by atoms with Crippen LogP contribution in [0, 0.1) is 13.8 Å². The Hall–Kier alpha value is -2.60. The first-order valence-electron chi connectivity index (χ1n) is 7.60. The summed E-state index contributed by atoms with van der Waals surface area (Å²) in [6.45, 7) is 3.90. The summed E-state index contributed by atoms with van der Waals surface area (Å²) in [5, 5.41) is 11.9. The van der Waals surface area contributed by atoms with E-state index < -0.39 is 0 Å². The first-order valence-corrected chi connectivity index (χ1v) is 8.59. The summed E-state index contributed by atoms with van der Waals surface area (Å²) in [5.41, 5.74) is 2.91. The number of nitrogens with one attached hydrogen (secondary N) is 1. The monoisotopic (exact) mass is 338 g/mol. The number of anilines is 1. The summed E-state index contributed by atoms with van der Waals surface area (Å²) in [6.07, 6.45) is 0. The zero-order chi connectivity index (χ0) is 16.9. The number of carbonyl (C=O) groups excluding carboxylic acids is 1. The van der Waals surface area contributed by atoms with Crippen molar-refractivity contribution in [2.24, 2.45) is 0 Å². The highest BCUT2D eigenvalue weighted by Crippen LogP contribution is 2.22. The van der Waals surface area contributed by atoms with Crippen LogP contribution in [0.15, 0.2) is 59.8 Å². The highest BCUT2D eigenvalue weighted by molar-refractivity contribution is 7.99. The first-order chi connectivity index (χ1) is 11.6. The van der Waals surface area contributed by atoms with Crippen LogP contribution in [-0.4, -0.2) is 26.4 Å². The number of benzene rings is 2. The van der Waals surface area contributed by atoms with Crippen LogP contribution in [0.2, 0.25) is 0 Å². The molecule has 0 bridgehead atoms. The normalized spacial score (nSPS) is 10.6. The largest absolute Gasteiger partial charge is 0.325 e. The fourth-order valence-electron chi connectivity index (χ4n) is 2.36. The second-order valence-electron chi connectivity index (χ2n) is 5.41. The van der Waals surface area contributed by atoms with Crippen molar-refractivity contribution in [1.82, 2.24) is 14.8 Å². The molecule has 1 amide bonds. The van der Waals surface area contributed by atoms with Crippen molar-refractivity contribution in [3.05, 3.63) is 66.0 Å². The van der Waals surface area contributed by atoms with Gasteiger partial charge in [0, 0.05) is 11.4 Å². The smallest absolute Gasteiger partial charge is 0.234 e. The third kappa shape index (κ3) is 3.83. The highest BCUT2D eigenvalue weighted by atomic mass is 32.2. The predicted octanol–water partition coefficient (Wildman–Crippen LogP) is 3.61. The van der Waals surface area contributed by atoms with Gasteiger partial charge in [0.25, 0.3) is 0 Å². The molecule has 3 rings (SSSR count). The zero-order valence-corrected chi connectivity index (χ0v) is 14.4. The molecule has 1 N–H and O–H groups in total. The molecule has 0 aliphatic rings. The maximum atomic E-state index is 12.2. The third-order valence-corrected chi connectivity index (χ3v) is 4.37. The second-order valence-corrected chi connectivity index (χ2v) is 6.35. The molecule has 6 heteroatoms. The molecular weight excluding hydrogens is 320 g/mol. The van der Waals surface area contributed by atoms with E-state index in [0.29, 0.717) is 5.16 Å². The molecule has 1 aromatic heterocycles. The molecule has 0 radical (unpaired) electrons. The van der Waals surface area contributed by atoms with Crippen LogP contribution in [0.5, 0.6) is 0 Å². The van der Waals surface area contributed by atoms with Crippen LogP contribution in [0.1, 0.15) is 11.4 Å². The van der Waals surface area contributed by atoms with Gasteiger partial charge in [0.2, 0.25) is 5.91 Å². The standard InChI is InChI=1S/C18H18N4OS/c1-13-7-6-8-15(11-13)19-17(23)12-24-18-21-20-14(2)22(18)16-9-4-3-5-10-16/h3-11H,12H2,1-2H3,(H,19,23). The van der Waals surface area contributed by atoms with Crippen LogP contribution < -0.4 is 5.32 Å². The average molecular weight is 338 g/mol. The highest BCUT2D eigenvalue weighted by Gasteiger charge is 2.13. The van der Waals surface area contributed by atoms with Gasteiger partial charge in [0.15, 0.2) is 5.16 Å². The minimum atomic E-state index is -0.0640. The van der Waals surface area contributed by atoms with E-state index in [9.17, 15) is 4.79 Å². The number of hydrogen-bond acceptors (Lipinski definition) is 4. The number of amides is 1. The Morgan fingerprint density at radius 2 is 1.88 bits per heavy atom. The molecule has 0 saturated carbocycles. The summed E-state index contributed by atoms with van der Waals surface area (Å²) in [6, 6.07) is 17.6. The van der Waals surface area contributed by atoms with Crippen molar-refractivity contribution in [3.8, 4) is 5.69 Å². The van der Waals surface area contributed by atoms with Crippen LogP contribution >= 0.6 is 11.8 Å². The van der Waals surface area contributed by atoms with Gasteiger partial charge in [-0.05, 0) is 43.7 Å². The molecule has 3 aromatic rings. The molecule has 5 nitrogen and oxygen atoms in total. The molecule has 122 valence electrons. The van der Waals surface area contributed by atoms with Crippen LogP contribution in [0.3, 0.4) is 0 Å². The van der Waals surface area contributed by atoms with Gasteiger partial charge < -0.3 is 5.32 Å². The lowest BCUT2D eigenvalue weighted by molar-refractivity contribution is -0.113. The maximum Gasteiger partial charge on any atom is 0.234 e. The number of nitrogens with zero attached hydrogens (tertiary/aromatic N) is 3. The molecule has 2 aromatic carbocycles. The van der Waals surface area contributed by atoms with Gasteiger partial charge in [-0.1, -0.05) is 42.1 Å². The molecule has 0 spiro atoms. The molecular formula is C18H18N4OS. The van der Waals surface area contributed by atoms with Crippen LogP contribution in [-0.2, 0) is 4.79 Å². The Kier molecular flexibility index (Phi) is 4.96. The molecule has 1 heterocycles. The van der Waals surface area contributed by atoms with E-state index in [0.717, 1.165) is 22.8 Å². The van der Waals surface area contributed by atoms with Gasteiger partial charge in [-0.2, -0.15) is 0 Å². The van der Waals surface area contributed by atoms with E-state index in [4.69, 9.17) is 0 Å². The molecule has 0 unspecified atom stereocenters. The van der Waals surface area contributed by atoms with E-state index in [1.807, 2.05) is 73.0 Å². The summed E-state index contributed by atoms with van der Waals surface area (Å²) in [4.78, 5) is 12.2. The fraction of sp³-hybridized carbons (Fsp3) is 0.167. The number of carbonyl (C=O) groups is 1. The number of hydrogen-bond donors (Lipinski definition) is 1. The Balaban J connectivity index is 1.68. The van der Waals surface area contributed by atoms with Gasteiger partial charge in [0.1, 0.15) is 5.82 Å². The van der Waals surface area contributed by atoms with Crippen molar-refractivity contribution < 1.29 is 4.79 Å². The lowest BCUT2D eigenvalue weighted by atomic mass is 10.2. The zero-order valence-electron chi connectivity index (χ0n) is 13.6. The minimum Gasteiger partial charge on any atom is -0.325 e. The minimum absolute atomic E-state index is 0.0640. The Labute approximate surface area is 145 Å². The predicted molar refractivity (Wildman–Crippen MR) is 96.6 cm³/mol. The van der Waals surface area contributed by atoms with E-state index in [-0.39, 0.29) is 11.7 Å². The molecule has 0 atom stereocenters. The number of rotatable bonds is 5. The quantitative estimate of drug-likeness (QED) is 0.722. The third-order valence-electron chi connectivity index (χ3n) is 3.44. The molecule has 24 heavy (non-hydrogen) atoms. The number of aromatic nitrogens is 3. The Morgan fingerprint density at radius 1 is 1.08 bits per heavy atom. The van der Waals surface area contributed by atoms with E-state index in [1.54, 1.807) is 0 Å². The van der Waals surface area contributed by atoms with Crippen molar-refractivity contribution in [3.63, 3.8) is 0 Å². The SMILES string of the molecule is Cc1cccc(NC(=O)CSc2nnc(C)n2-c2ccccc2)c1. The lowest BCUT2D eigenvalue weighted by Gasteiger charge is -2.08. The van der Waals surface area contributed by atoms with E-state index in [1.165, 1.54) is 11.8 Å². The summed E-state index contributed by atoms with van der Waals surface area (Å²) in [5.74, 6) is 1.01. The van der Waals surface area contributed by atoms with Crippen molar-refractivity contribution >= 4 is 23.4 Å². The summed E-state index contributed by atoms with van der Waals surface area (Å²) in [7, 11) is 0. The molecule has 0 aliphatic heterocycles. The number of para-hydroxylation sites is 1. The lowest BCUT2D eigenvalue weighted by Crippen LogP contribution is -2.14. The topological polar surface area (TPSA) is 59.8 Å². The van der Waals surface area contributed by atoms with Crippen LogP contribution in [0.4, 0.5) is 5.69 Å². The van der Waals surface area contributed by atoms with Gasteiger partial charge in [0.05, 0.1) is 5.75 Å². The van der Waals surface area contributed by atoms with Gasteiger partial charge in [-0.15, -0.1) is 10.2 Å². The first kappa shape index (κ1) is 16.3. The number of thioether (sulfide) groups is 1. The van der Waals surface area contributed by atoms with Crippen molar-refractivity contribution in [1.29, 1.82) is 0 Å². The second kappa shape index (κ2) is 7.31. The van der Waals surface area contributed by atoms with Crippen molar-refractivity contribution in [2.75, 3.05) is 11.1 Å². The maximum absolute atomic E-state index is 12.2.